The van der Waals surface area contributed by atoms with Gasteiger partial charge in [-0.05, 0) is 18.8 Å². The van der Waals surface area contributed by atoms with Crippen LogP contribution in [0, 0.1) is 5.92 Å². The lowest BCUT2D eigenvalue weighted by Crippen LogP contribution is -2.47. The highest BCUT2D eigenvalue weighted by Crippen LogP contribution is 2.18. The maximum absolute atomic E-state index is 12.1. The van der Waals surface area contributed by atoms with Crippen LogP contribution in [-0.4, -0.2) is 99.2 Å². The Morgan fingerprint density at radius 1 is 1.24 bits per heavy atom. The van der Waals surface area contributed by atoms with Crippen molar-refractivity contribution in [3.05, 3.63) is 0 Å². The topological polar surface area (TPSA) is 60.4 Å². The highest BCUT2D eigenvalue weighted by atomic mass is 127. The molecule has 2 heterocycles. The van der Waals surface area contributed by atoms with Crippen molar-refractivity contribution in [3.63, 3.8) is 0 Å². The van der Waals surface area contributed by atoms with Gasteiger partial charge in [0.25, 0.3) is 0 Å². The van der Waals surface area contributed by atoms with Gasteiger partial charge in [-0.25, -0.2) is 4.99 Å². The Labute approximate surface area is 194 Å². The monoisotopic (exact) mass is 523 g/mol. The van der Waals surface area contributed by atoms with Crippen LogP contribution in [0.2, 0.25) is 0 Å². The number of ether oxygens (including phenoxy) is 1. The molecule has 2 rings (SSSR count). The van der Waals surface area contributed by atoms with Crippen LogP contribution in [-0.2, 0) is 9.53 Å². The molecule has 0 bridgehead atoms. The number of nitrogens with zero attached hydrogens (tertiary/aromatic N) is 4. The van der Waals surface area contributed by atoms with Crippen LogP contribution >= 0.6 is 24.0 Å². The van der Waals surface area contributed by atoms with E-state index in [-0.39, 0.29) is 36.4 Å². The minimum Gasteiger partial charge on any atom is -0.379 e. The van der Waals surface area contributed by atoms with Gasteiger partial charge < -0.3 is 19.9 Å². The van der Waals surface area contributed by atoms with Crippen molar-refractivity contribution in [1.29, 1.82) is 0 Å². The molecule has 8 heteroatoms. The largest absolute Gasteiger partial charge is 0.379 e. The van der Waals surface area contributed by atoms with Crippen LogP contribution in [0.1, 0.15) is 46.0 Å². The molecular weight excluding hydrogens is 481 g/mol. The number of guanidine groups is 1. The number of likely N-dealkylation sites (N-methyl/N-ethyl adjacent to an activating group) is 1. The van der Waals surface area contributed by atoms with E-state index in [0.29, 0.717) is 12.0 Å². The summed E-state index contributed by atoms with van der Waals surface area (Å²) >= 11 is 0. The molecule has 2 saturated heterocycles. The van der Waals surface area contributed by atoms with Gasteiger partial charge in [-0.3, -0.25) is 9.69 Å². The highest BCUT2D eigenvalue weighted by Gasteiger charge is 2.30. The number of carbonyl (C=O) groups is 1. The van der Waals surface area contributed by atoms with Crippen molar-refractivity contribution in [1.82, 2.24) is 20.0 Å². The molecule has 0 aromatic heterocycles. The first-order chi connectivity index (χ1) is 13.5. The second-order valence-corrected chi connectivity index (χ2v) is 8.26. The number of morpholine rings is 1. The van der Waals surface area contributed by atoms with Gasteiger partial charge in [-0.2, -0.15) is 0 Å². The van der Waals surface area contributed by atoms with Crippen molar-refractivity contribution in [3.8, 4) is 0 Å². The molecule has 29 heavy (non-hydrogen) atoms. The number of carbonyl (C=O) groups excluding carboxylic acids is 1. The van der Waals surface area contributed by atoms with Crippen LogP contribution < -0.4 is 5.32 Å². The molecule has 2 fully saturated rings. The van der Waals surface area contributed by atoms with Gasteiger partial charge in [0, 0.05) is 52.9 Å². The molecule has 2 unspecified atom stereocenters. The fourth-order valence-corrected chi connectivity index (χ4v) is 3.91. The molecule has 0 spiro atoms. The predicted octanol–water partition coefficient (Wildman–Crippen LogP) is 2.26. The van der Waals surface area contributed by atoms with Gasteiger partial charge in [-0.15, -0.1) is 24.0 Å². The summed E-state index contributed by atoms with van der Waals surface area (Å²) in [5.74, 6) is 1.61. The highest BCUT2D eigenvalue weighted by molar-refractivity contribution is 14.0. The Hall–Kier alpha value is -0.610. The maximum atomic E-state index is 12.1. The Morgan fingerprint density at radius 2 is 1.97 bits per heavy atom. The summed E-state index contributed by atoms with van der Waals surface area (Å²) in [6.07, 6.45) is 6.08. The number of halogens is 1. The lowest BCUT2D eigenvalue weighted by atomic mass is 9.99. The van der Waals surface area contributed by atoms with E-state index < -0.39 is 0 Å². The van der Waals surface area contributed by atoms with E-state index in [9.17, 15) is 4.79 Å². The van der Waals surface area contributed by atoms with E-state index >= 15 is 0 Å². The zero-order valence-electron chi connectivity index (χ0n) is 18.9. The van der Waals surface area contributed by atoms with E-state index in [1.807, 2.05) is 0 Å². The Balaban J connectivity index is 0.00000420. The van der Waals surface area contributed by atoms with Gasteiger partial charge in [0.2, 0.25) is 5.91 Å². The zero-order valence-corrected chi connectivity index (χ0v) is 21.2. The molecule has 170 valence electrons. The zero-order chi connectivity index (χ0) is 20.4. The summed E-state index contributed by atoms with van der Waals surface area (Å²) in [5.41, 5.74) is 0. The first-order valence-corrected chi connectivity index (χ1v) is 11.1. The third-order valence-electron chi connectivity index (χ3n) is 5.98. The van der Waals surface area contributed by atoms with Crippen LogP contribution in [0.15, 0.2) is 4.99 Å². The molecule has 0 aromatic rings. The van der Waals surface area contributed by atoms with Gasteiger partial charge in [-0.1, -0.05) is 33.1 Å². The van der Waals surface area contributed by atoms with E-state index in [1.165, 1.54) is 25.7 Å². The molecule has 7 nitrogen and oxygen atoms in total. The Morgan fingerprint density at radius 3 is 2.59 bits per heavy atom. The van der Waals surface area contributed by atoms with E-state index in [1.54, 1.807) is 19.0 Å². The number of rotatable bonds is 9. The molecule has 0 radical (unpaired) electrons. The summed E-state index contributed by atoms with van der Waals surface area (Å²) in [7, 11) is 3.57. The molecule has 0 aliphatic carbocycles. The fourth-order valence-electron chi connectivity index (χ4n) is 3.91. The quantitative estimate of drug-likeness (QED) is 0.286. The fraction of sp³-hybridized carbons (Fsp3) is 0.905. The van der Waals surface area contributed by atoms with Crippen LogP contribution in [0.4, 0.5) is 0 Å². The summed E-state index contributed by atoms with van der Waals surface area (Å²) in [6, 6.07) is 0.558. The van der Waals surface area contributed by atoms with Crippen LogP contribution in [0.3, 0.4) is 0 Å². The summed E-state index contributed by atoms with van der Waals surface area (Å²) in [4.78, 5) is 23.2. The van der Waals surface area contributed by atoms with E-state index in [0.717, 1.165) is 58.3 Å². The van der Waals surface area contributed by atoms with Gasteiger partial charge >= 0.3 is 0 Å². The normalized spacial score (nSPS) is 21.6. The first-order valence-electron chi connectivity index (χ1n) is 11.1. The van der Waals surface area contributed by atoms with Gasteiger partial charge in [0.05, 0.1) is 13.2 Å². The predicted molar refractivity (Wildman–Crippen MR) is 130 cm³/mol. The Kier molecular flexibility index (Phi) is 13.1. The minimum atomic E-state index is 0. The first kappa shape index (κ1) is 26.4. The summed E-state index contributed by atoms with van der Waals surface area (Å²) < 4.78 is 5.50. The van der Waals surface area contributed by atoms with Crippen molar-refractivity contribution < 1.29 is 9.53 Å². The second kappa shape index (κ2) is 14.4. The maximum Gasteiger partial charge on any atom is 0.243 e. The number of nitrogens with one attached hydrogen (secondary N) is 1. The van der Waals surface area contributed by atoms with Crippen molar-refractivity contribution >= 4 is 35.8 Å². The van der Waals surface area contributed by atoms with E-state index in [2.05, 4.69) is 29.0 Å². The summed E-state index contributed by atoms with van der Waals surface area (Å²) in [6.45, 7) is 11.3. The lowest BCUT2D eigenvalue weighted by molar-refractivity contribution is -0.127. The molecule has 2 aliphatic heterocycles. The average Bonchev–Trinajstić information content (AvgIpc) is 3.20. The lowest BCUT2D eigenvalue weighted by Gasteiger charge is -2.32. The van der Waals surface area contributed by atoms with Crippen molar-refractivity contribution in [2.24, 2.45) is 10.9 Å². The second-order valence-electron chi connectivity index (χ2n) is 8.26. The molecule has 0 saturated carbocycles. The third kappa shape index (κ3) is 8.96. The molecule has 2 aliphatic rings. The molecule has 1 amide bonds. The number of amides is 1. The standard InChI is InChI=1S/C21H41N5O2.HI/c1-5-7-8-18(6-2)15-22-21(23-16-20(27)24(3)4)26-10-9-19(17-26)25-11-13-28-14-12-25;/h18-19H,5-17H2,1-4H3,(H,22,23);1H. The minimum absolute atomic E-state index is 0. The van der Waals surface area contributed by atoms with Crippen LogP contribution in [0.25, 0.3) is 0 Å². The Bertz CT molecular complexity index is 497. The van der Waals surface area contributed by atoms with Crippen LogP contribution in [0.5, 0.6) is 0 Å². The van der Waals surface area contributed by atoms with E-state index in [4.69, 9.17) is 9.73 Å². The third-order valence-corrected chi connectivity index (χ3v) is 5.98. The van der Waals surface area contributed by atoms with Crippen molar-refractivity contribution in [2.75, 3.05) is 66.6 Å². The average molecular weight is 524 g/mol. The number of unbranched alkanes of at least 4 members (excludes halogenated alkanes) is 1. The van der Waals surface area contributed by atoms with Crippen molar-refractivity contribution in [2.45, 2.75) is 52.0 Å². The molecule has 0 aromatic carbocycles. The van der Waals surface area contributed by atoms with Gasteiger partial charge in [0.15, 0.2) is 5.96 Å². The molecule has 2 atom stereocenters. The number of aliphatic imine (C=N–C) groups is 1. The number of hydrogen-bond donors (Lipinski definition) is 1. The van der Waals surface area contributed by atoms with Gasteiger partial charge in [0.1, 0.15) is 6.54 Å². The SMILES string of the molecule is CCCCC(CC)CNC(=NCC(=O)N(C)C)N1CCC(N2CCOCC2)C1.I. The number of likely N-dealkylation sites (tertiary alicyclic amines) is 1. The molecule has 1 N–H and O–H groups in total. The smallest absolute Gasteiger partial charge is 0.243 e. The molecular formula is C21H42IN5O2. The summed E-state index contributed by atoms with van der Waals surface area (Å²) in [5, 5.41) is 3.60. The number of hydrogen-bond acceptors (Lipinski definition) is 4.